The quantitative estimate of drug-likeness (QED) is 0.884. The van der Waals surface area contributed by atoms with Gasteiger partial charge in [-0.1, -0.05) is 12.1 Å². The molecule has 6 heteroatoms. The Morgan fingerprint density at radius 3 is 2.08 bits per heavy atom. The number of carbonyl (C=O) groups excluding carboxylic acids is 2. The van der Waals surface area contributed by atoms with E-state index in [1.54, 1.807) is 36.4 Å². The Hall–Kier alpha value is -3.15. The Bertz CT molecular complexity index is 824. The smallest absolute Gasteiger partial charge is 0.336 e. The van der Waals surface area contributed by atoms with Crippen molar-refractivity contribution in [1.82, 2.24) is 4.90 Å². The zero-order valence-corrected chi connectivity index (χ0v) is 14.3. The molecule has 0 radical (unpaired) electrons. The SMILES string of the molecule is O=C(O)c1ccccc1C(=O)Nc1ccc(C(=O)N2CCCCC2)cc1. The predicted molar refractivity (Wildman–Crippen MR) is 97.6 cm³/mol. The Morgan fingerprint density at radius 2 is 1.46 bits per heavy atom. The average molecular weight is 352 g/mol. The highest BCUT2D eigenvalue weighted by Gasteiger charge is 2.19. The normalized spacial score (nSPS) is 13.9. The van der Waals surface area contributed by atoms with Crippen LogP contribution in [0, 0.1) is 0 Å². The van der Waals surface area contributed by atoms with E-state index in [4.69, 9.17) is 0 Å². The van der Waals surface area contributed by atoms with Gasteiger partial charge in [-0.2, -0.15) is 0 Å². The van der Waals surface area contributed by atoms with E-state index in [0.29, 0.717) is 11.3 Å². The molecule has 1 aliphatic heterocycles. The monoisotopic (exact) mass is 352 g/mol. The van der Waals surface area contributed by atoms with Crippen LogP contribution >= 0.6 is 0 Å². The maximum Gasteiger partial charge on any atom is 0.336 e. The highest BCUT2D eigenvalue weighted by molar-refractivity contribution is 6.10. The topological polar surface area (TPSA) is 86.7 Å². The van der Waals surface area contributed by atoms with Crippen LogP contribution in [0.5, 0.6) is 0 Å². The zero-order valence-electron chi connectivity index (χ0n) is 14.3. The third kappa shape index (κ3) is 3.91. The molecule has 1 heterocycles. The second-order valence-corrected chi connectivity index (χ2v) is 6.24. The molecule has 1 aliphatic rings. The van der Waals surface area contributed by atoms with Gasteiger partial charge in [0.25, 0.3) is 11.8 Å². The van der Waals surface area contributed by atoms with Crippen molar-refractivity contribution in [3.8, 4) is 0 Å². The van der Waals surface area contributed by atoms with Crippen molar-refractivity contribution in [1.29, 1.82) is 0 Å². The predicted octanol–water partition coefficient (Wildman–Crippen LogP) is 3.26. The van der Waals surface area contributed by atoms with Crippen LogP contribution < -0.4 is 5.32 Å². The summed E-state index contributed by atoms with van der Waals surface area (Å²) in [6, 6.07) is 12.7. The van der Waals surface area contributed by atoms with Gasteiger partial charge in [-0.05, 0) is 55.7 Å². The number of carbonyl (C=O) groups is 3. The second-order valence-electron chi connectivity index (χ2n) is 6.24. The number of aromatic carboxylic acids is 1. The van der Waals surface area contributed by atoms with E-state index in [1.165, 1.54) is 12.1 Å². The van der Waals surface area contributed by atoms with Crippen molar-refractivity contribution < 1.29 is 19.5 Å². The lowest BCUT2D eigenvalue weighted by Crippen LogP contribution is -2.35. The fraction of sp³-hybridized carbons (Fsp3) is 0.250. The van der Waals surface area contributed by atoms with Gasteiger partial charge < -0.3 is 15.3 Å². The molecule has 26 heavy (non-hydrogen) atoms. The molecular weight excluding hydrogens is 332 g/mol. The van der Waals surface area contributed by atoms with E-state index in [-0.39, 0.29) is 17.0 Å². The van der Waals surface area contributed by atoms with Crippen LogP contribution in [0.4, 0.5) is 5.69 Å². The number of hydrogen-bond acceptors (Lipinski definition) is 3. The number of nitrogens with zero attached hydrogens (tertiary/aromatic N) is 1. The summed E-state index contributed by atoms with van der Waals surface area (Å²) in [5, 5.41) is 11.9. The number of hydrogen-bond donors (Lipinski definition) is 2. The molecule has 2 N–H and O–H groups in total. The van der Waals surface area contributed by atoms with Crippen molar-refractivity contribution in [2.45, 2.75) is 19.3 Å². The van der Waals surface area contributed by atoms with Gasteiger partial charge >= 0.3 is 5.97 Å². The van der Waals surface area contributed by atoms with Crippen LogP contribution in [0.2, 0.25) is 0 Å². The fourth-order valence-corrected chi connectivity index (χ4v) is 3.04. The molecule has 3 rings (SSSR count). The molecule has 1 fully saturated rings. The molecule has 6 nitrogen and oxygen atoms in total. The lowest BCUT2D eigenvalue weighted by molar-refractivity contribution is 0.0690. The number of piperidine rings is 1. The van der Waals surface area contributed by atoms with E-state index in [1.807, 2.05) is 4.90 Å². The van der Waals surface area contributed by atoms with Crippen molar-refractivity contribution >= 4 is 23.5 Å². The lowest BCUT2D eigenvalue weighted by atomic mass is 10.1. The first-order valence-corrected chi connectivity index (χ1v) is 8.59. The number of carboxylic acids is 1. The third-order valence-corrected chi connectivity index (χ3v) is 4.44. The van der Waals surface area contributed by atoms with E-state index < -0.39 is 11.9 Å². The van der Waals surface area contributed by atoms with Crippen LogP contribution in [0.1, 0.15) is 50.3 Å². The number of likely N-dealkylation sites (tertiary alicyclic amines) is 1. The van der Waals surface area contributed by atoms with Gasteiger partial charge in [0, 0.05) is 24.3 Å². The van der Waals surface area contributed by atoms with Gasteiger partial charge in [0.1, 0.15) is 0 Å². The van der Waals surface area contributed by atoms with Crippen LogP contribution in [0.25, 0.3) is 0 Å². The summed E-state index contributed by atoms with van der Waals surface area (Å²) in [5.74, 6) is -1.66. The highest BCUT2D eigenvalue weighted by atomic mass is 16.4. The van der Waals surface area contributed by atoms with Crippen molar-refractivity contribution in [3.05, 3.63) is 65.2 Å². The first kappa shape index (κ1) is 17.7. The molecule has 0 atom stereocenters. The fourth-order valence-electron chi connectivity index (χ4n) is 3.04. The zero-order chi connectivity index (χ0) is 18.5. The molecule has 2 amide bonds. The molecule has 2 aromatic carbocycles. The molecule has 134 valence electrons. The Kier molecular flexibility index (Phi) is 5.31. The average Bonchev–Trinajstić information content (AvgIpc) is 2.68. The van der Waals surface area contributed by atoms with Crippen LogP contribution in [0.3, 0.4) is 0 Å². The Morgan fingerprint density at radius 1 is 0.846 bits per heavy atom. The number of benzene rings is 2. The summed E-state index contributed by atoms with van der Waals surface area (Å²) in [6.07, 6.45) is 3.22. The number of carboxylic acid groups (broad SMARTS) is 1. The van der Waals surface area contributed by atoms with E-state index in [0.717, 1.165) is 32.4 Å². The number of anilines is 1. The highest BCUT2D eigenvalue weighted by Crippen LogP contribution is 2.17. The maximum absolute atomic E-state index is 12.4. The summed E-state index contributed by atoms with van der Waals surface area (Å²) in [7, 11) is 0. The summed E-state index contributed by atoms with van der Waals surface area (Å²) in [6.45, 7) is 1.56. The maximum atomic E-state index is 12.4. The lowest BCUT2D eigenvalue weighted by Gasteiger charge is -2.26. The second kappa shape index (κ2) is 7.82. The Balaban J connectivity index is 1.70. The van der Waals surface area contributed by atoms with E-state index in [9.17, 15) is 19.5 Å². The molecule has 2 aromatic rings. The van der Waals surface area contributed by atoms with Gasteiger partial charge in [-0.15, -0.1) is 0 Å². The van der Waals surface area contributed by atoms with E-state index in [2.05, 4.69) is 5.32 Å². The first-order valence-electron chi connectivity index (χ1n) is 8.59. The van der Waals surface area contributed by atoms with Crippen molar-refractivity contribution in [2.24, 2.45) is 0 Å². The van der Waals surface area contributed by atoms with Gasteiger partial charge in [0.05, 0.1) is 11.1 Å². The minimum Gasteiger partial charge on any atom is -0.478 e. The van der Waals surface area contributed by atoms with Crippen molar-refractivity contribution in [3.63, 3.8) is 0 Å². The summed E-state index contributed by atoms with van der Waals surface area (Å²) in [5.41, 5.74) is 1.12. The third-order valence-electron chi connectivity index (χ3n) is 4.44. The van der Waals surface area contributed by atoms with Crippen LogP contribution in [-0.4, -0.2) is 40.9 Å². The minimum absolute atomic E-state index is 0.00111. The molecule has 0 spiro atoms. The molecule has 0 aromatic heterocycles. The van der Waals surface area contributed by atoms with Crippen LogP contribution in [0.15, 0.2) is 48.5 Å². The summed E-state index contributed by atoms with van der Waals surface area (Å²) >= 11 is 0. The van der Waals surface area contributed by atoms with Gasteiger partial charge in [-0.3, -0.25) is 9.59 Å². The van der Waals surface area contributed by atoms with Gasteiger partial charge in [0.2, 0.25) is 0 Å². The number of nitrogens with one attached hydrogen (secondary N) is 1. The summed E-state index contributed by atoms with van der Waals surface area (Å²) < 4.78 is 0. The summed E-state index contributed by atoms with van der Waals surface area (Å²) in [4.78, 5) is 37.9. The van der Waals surface area contributed by atoms with Crippen LogP contribution in [-0.2, 0) is 0 Å². The minimum atomic E-state index is -1.15. The largest absolute Gasteiger partial charge is 0.478 e. The molecule has 1 saturated heterocycles. The number of amides is 2. The van der Waals surface area contributed by atoms with E-state index >= 15 is 0 Å². The molecule has 0 bridgehead atoms. The molecule has 0 saturated carbocycles. The van der Waals surface area contributed by atoms with Crippen molar-refractivity contribution in [2.75, 3.05) is 18.4 Å². The molecular formula is C20H20N2O4. The molecule has 0 aliphatic carbocycles. The first-order chi connectivity index (χ1) is 12.6. The number of rotatable bonds is 4. The van der Waals surface area contributed by atoms with Gasteiger partial charge in [0.15, 0.2) is 0 Å². The van der Waals surface area contributed by atoms with Gasteiger partial charge in [-0.25, -0.2) is 4.79 Å². The Labute approximate surface area is 151 Å². The standard InChI is InChI=1S/C20H20N2O4/c23-18(16-6-2-3-7-17(16)20(25)26)21-15-10-8-14(9-11-15)19(24)22-12-4-1-5-13-22/h2-3,6-11H,1,4-5,12-13H2,(H,21,23)(H,25,26). The molecule has 0 unspecified atom stereocenters.